The van der Waals surface area contributed by atoms with Crippen LogP contribution in [0.5, 0.6) is 0 Å². The van der Waals surface area contributed by atoms with E-state index in [4.69, 9.17) is 0 Å². The minimum atomic E-state index is -3.51. The number of hydrogen-bond donors (Lipinski definition) is 3. The average Bonchev–Trinajstić information content (AvgIpc) is 3.39. The maximum atomic E-state index is 12.4. The average molecular weight is 403 g/mol. The van der Waals surface area contributed by atoms with Gasteiger partial charge in [-0.1, -0.05) is 32.1 Å². The molecule has 0 unspecified atom stereocenters. The SMILES string of the molecule is O=C(Nc1cc(CC2CCCCC2)[nH]n1)c1ccc(S(=O)(=O)NC2CC2)cc1. The van der Waals surface area contributed by atoms with Crippen molar-refractivity contribution in [3.05, 3.63) is 41.6 Å². The zero-order valence-electron chi connectivity index (χ0n) is 15.8. The molecule has 28 heavy (non-hydrogen) atoms. The Labute approximate surface area is 165 Å². The summed E-state index contributed by atoms with van der Waals surface area (Å²) < 4.78 is 27.0. The zero-order chi connectivity index (χ0) is 19.6. The maximum Gasteiger partial charge on any atom is 0.256 e. The lowest BCUT2D eigenvalue weighted by atomic mass is 9.86. The number of nitrogens with one attached hydrogen (secondary N) is 3. The minimum Gasteiger partial charge on any atom is -0.305 e. The van der Waals surface area contributed by atoms with Crippen LogP contribution < -0.4 is 10.0 Å². The molecule has 1 aromatic carbocycles. The number of carbonyl (C=O) groups is 1. The van der Waals surface area contributed by atoms with Crippen LogP contribution in [0.2, 0.25) is 0 Å². The first-order valence-corrected chi connectivity index (χ1v) is 11.5. The Morgan fingerprint density at radius 3 is 2.46 bits per heavy atom. The first kappa shape index (κ1) is 19.1. The summed E-state index contributed by atoms with van der Waals surface area (Å²) in [4.78, 5) is 12.6. The van der Waals surface area contributed by atoms with Crippen molar-refractivity contribution in [3.63, 3.8) is 0 Å². The third-order valence-corrected chi connectivity index (χ3v) is 6.97. The predicted octanol–water partition coefficient (Wildman–Crippen LogP) is 3.23. The number of carbonyl (C=O) groups excluding carboxylic acids is 1. The van der Waals surface area contributed by atoms with Crippen LogP contribution in [0.3, 0.4) is 0 Å². The van der Waals surface area contributed by atoms with Gasteiger partial charge in [0.15, 0.2) is 5.82 Å². The van der Waals surface area contributed by atoms with Crippen molar-refractivity contribution in [1.82, 2.24) is 14.9 Å². The number of H-pyrrole nitrogens is 1. The zero-order valence-corrected chi connectivity index (χ0v) is 16.6. The second-order valence-corrected chi connectivity index (χ2v) is 9.57. The lowest BCUT2D eigenvalue weighted by Crippen LogP contribution is -2.25. The molecule has 2 fully saturated rings. The molecule has 1 amide bonds. The van der Waals surface area contributed by atoms with Crippen LogP contribution in [0.1, 0.15) is 61.0 Å². The van der Waals surface area contributed by atoms with Crippen LogP contribution in [0, 0.1) is 5.92 Å². The van der Waals surface area contributed by atoms with Gasteiger partial charge in [0.1, 0.15) is 0 Å². The van der Waals surface area contributed by atoms with Gasteiger partial charge in [-0.05, 0) is 49.4 Å². The number of rotatable bonds is 7. The molecule has 3 N–H and O–H groups in total. The normalized spacial score (nSPS) is 18.1. The van der Waals surface area contributed by atoms with E-state index >= 15 is 0 Å². The Hall–Kier alpha value is -2.19. The quantitative estimate of drug-likeness (QED) is 0.661. The molecule has 4 rings (SSSR count). The Balaban J connectivity index is 1.35. The van der Waals surface area contributed by atoms with Crippen LogP contribution in [-0.2, 0) is 16.4 Å². The topological polar surface area (TPSA) is 104 Å². The number of sulfonamides is 1. The number of anilines is 1. The van der Waals surface area contributed by atoms with Gasteiger partial charge in [0.2, 0.25) is 10.0 Å². The molecular weight excluding hydrogens is 376 g/mol. The lowest BCUT2D eigenvalue weighted by Gasteiger charge is -2.20. The van der Waals surface area contributed by atoms with Crippen LogP contribution >= 0.6 is 0 Å². The van der Waals surface area contributed by atoms with E-state index < -0.39 is 10.0 Å². The van der Waals surface area contributed by atoms with Crippen LogP contribution in [0.15, 0.2) is 35.2 Å². The summed E-state index contributed by atoms with van der Waals surface area (Å²) in [5, 5.41) is 9.96. The van der Waals surface area contributed by atoms with Gasteiger partial charge in [-0.15, -0.1) is 0 Å². The second kappa shape index (κ2) is 8.05. The molecule has 7 nitrogen and oxygen atoms in total. The molecule has 0 saturated heterocycles. The maximum absolute atomic E-state index is 12.4. The summed E-state index contributed by atoms with van der Waals surface area (Å²) in [6, 6.07) is 7.89. The highest BCUT2D eigenvalue weighted by Crippen LogP contribution is 2.27. The molecule has 0 spiro atoms. The van der Waals surface area contributed by atoms with Crippen LogP contribution in [-0.4, -0.2) is 30.6 Å². The molecule has 2 aromatic rings. The molecule has 8 heteroatoms. The Morgan fingerprint density at radius 2 is 1.79 bits per heavy atom. The van der Waals surface area contributed by atoms with Crippen molar-refractivity contribution in [2.45, 2.75) is 62.3 Å². The second-order valence-electron chi connectivity index (χ2n) is 7.86. The smallest absolute Gasteiger partial charge is 0.256 e. The number of amides is 1. The van der Waals surface area contributed by atoms with E-state index in [1.54, 1.807) is 0 Å². The van der Waals surface area contributed by atoms with Crippen molar-refractivity contribution in [2.75, 3.05) is 5.32 Å². The van der Waals surface area contributed by atoms with Crippen molar-refractivity contribution < 1.29 is 13.2 Å². The third kappa shape index (κ3) is 4.80. The van der Waals surface area contributed by atoms with E-state index in [-0.39, 0.29) is 16.8 Å². The Kier molecular flexibility index (Phi) is 5.50. The monoisotopic (exact) mass is 402 g/mol. The standard InChI is InChI=1S/C20H26N4O3S/c25-20(15-6-10-18(11-7-15)28(26,27)24-16-8-9-16)21-19-13-17(22-23-19)12-14-4-2-1-3-5-14/h6-7,10-11,13-14,16,24H,1-5,8-9,12H2,(H2,21,22,23,25). The minimum absolute atomic E-state index is 0.0513. The fourth-order valence-electron chi connectivity index (χ4n) is 3.70. The number of aromatic nitrogens is 2. The third-order valence-electron chi connectivity index (χ3n) is 5.43. The molecule has 2 aliphatic rings. The first-order chi connectivity index (χ1) is 13.5. The molecule has 1 aromatic heterocycles. The summed E-state index contributed by atoms with van der Waals surface area (Å²) in [6.07, 6.45) is 9.16. The van der Waals surface area contributed by atoms with Crippen LogP contribution in [0.4, 0.5) is 5.82 Å². The molecule has 1 heterocycles. The van der Waals surface area contributed by atoms with Gasteiger partial charge in [0, 0.05) is 23.4 Å². The molecule has 2 saturated carbocycles. The molecular formula is C20H26N4O3S. The first-order valence-electron chi connectivity index (χ1n) is 9.98. The van der Waals surface area contributed by atoms with Gasteiger partial charge in [-0.2, -0.15) is 5.10 Å². The van der Waals surface area contributed by atoms with Crippen molar-refractivity contribution in [2.24, 2.45) is 5.92 Å². The molecule has 0 radical (unpaired) electrons. The largest absolute Gasteiger partial charge is 0.305 e. The van der Waals surface area contributed by atoms with Gasteiger partial charge in [0.05, 0.1) is 4.90 Å². The van der Waals surface area contributed by atoms with Crippen molar-refractivity contribution in [3.8, 4) is 0 Å². The van der Waals surface area contributed by atoms with E-state index in [9.17, 15) is 13.2 Å². The van der Waals surface area contributed by atoms with Gasteiger partial charge >= 0.3 is 0 Å². The highest BCUT2D eigenvalue weighted by molar-refractivity contribution is 7.89. The summed E-state index contributed by atoms with van der Waals surface area (Å²) in [7, 11) is -3.51. The van der Waals surface area contributed by atoms with E-state index in [1.807, 2.05) is 6.07 Å². The number of benzene rings is 1. The number of hydrogen-bond acceptors (Lipinski definition) is 4. The Morgan fingerprint density at radius 1 is 1.07 bits per heavy atom. The molecule has 2 aliphatic carbocycles. The van der Waals surface area contributed by atoms with Crippen LogP contribution in [0.25, 0.3) is 0 Å². The predicted molar refractivity (Wildman–Crippen MR) is 107 cm³/mol. The van der Waals surface area contributed by atoms with Crippen molar-refractivity contribution in [1.29, 1.82) is 0 Å². The highest BCUT2D eigenvalue weighted by atomic mass is 32.2. The van der Waals surface area contributed by atoms with Gasteiger partial charge in [-0.3, -0.25) is 9.89 Å². The van der Waals surface area contributed by atoms with Crippen molar-refractivity contribution >= 4 is 21.7 Å². The highest BCUT2D eigenvalue weighted by Gasteiger charge is 2.28. The van der Waals surface area contributed by atoms with Gasteiger partial charge in [-0.25, -0.2) is 13.1 Å². The fourth-order valence-corrected chi connectivity index (χ4v) is 5.00. The number of aromatic amines is 1. The fraction of sp³-hybridized carbons (Fsp3) is 0.500. The summed E-state index contributed by atoms with van der Waals surface area (Å²) in [5.74, 6) is 0.870. The molecule has 150 valence electrons. The van der Waals surface area contributed by atoms with E-state index in [0.29, 0.717) is 17.3 Å². The molecule has 0 bridgehead atoms. The summed E-state index contributed by atoms with van der Waals surface area (Å²) >= 11 is 0. The van der Waals surface area contributed by atoms with Gasteiger partial charge in [0.25, 0.3) is 5.91 Å². The van der Waals surface area contributed by atoms with E-state index in [0.717, 1.165) is 25.0 Å². The lowest BCUT2D eigenvalue weighted by molar-refractivity contribution is 0.102. The summed E-state index contributed by atoms with van der Waals surface area (Å²) in [5.41, 5.74) is 1.43. The summed E-state index contributed by atoms with van der Waals surface area (Å²) in [6.45, 7) is 0. The Bertz CT molecular complexity index is 927. The van der Waals surface area contributed by atoms with E-state index in [1.165, 1.54) is 56.4 Å². The van der Waals surface area contributed by atoms with E-state index in [2.05, 4.69) is 20.2 Å². The molecule has 0 atom stereocenters. The molecule has 0 aliphatic heterocycles. The van der Waals surface area contributed by atoms with Gasteiger partial charge < -0.3 is 5.32 Å². The number of nitrogens with zero attached hydrogens (tertiary/aromatic N) is 1.